The van der Waals surface area contributed by atoms with E-state index < -0.39 is 23.7 Å². The van der Waals surface area contributed by atoms with E-state index in [9.17, 15) is 24.3 Å². The van der Waals surface area contributed by atoms with Crippen LogP contribution in [-0.4, -0.2) is 35.9 Å². The molecule has 176 valence electrons. The highest BCUT2D eigenvalue weighted by Crippen LogP contribution is 2.31. The Morgan fingerprint density at radius 3 is 2.31 bits per heavy atom. The minimum absolute atomic E-state index is 0.0631. The first-order valence-electron chi connectivity index (χ1n) is 10.2. The smallest absolute Gasteiger partial charge is 0.337 e. The minimum Gasteiger partial charge on any atom is -0.506 e. The molecule has 10 heteroatoms. The number of para-hydroxylation sites is 2. The fourth-order valence-corrected chi connectivity index (χ4v) is 3.57. The number of imide groups is 1. The van der Waals surface area contributed by atoms with Gasteiger partial charge in [-0.05, 0) is 54.6 Å². The molecule has 0 saturated carbocycles. The summed E-state index contributed by atoms with van der Waals surface area (Å²) in [6.07, 6.45) is 0. The Morgan fingerprint density at radius 2 is 1.63 bits per heavy atom. The van der Waals surface area contributed by atoms with Crippen molar-refractivity contribution in [3.8, 4) is 5.75 Å². The van der Waals surface area contributed by atoms with E-state index in [1.165, 1.54) is 61.7 Å². The third kappa shape index (κ3) is 4.71. The molecule has 0 atom stereocenters. The van der Waals surface area contributed by atoms with Gasteiger partial charge in [0.15, 0.2) is 0 Å². The van der Waals surface area contributed by atoms with Crippen LogP contribution >= 0.6 is 11.6 Å². The van der Waals surface area contributed by atoms with Crippen LogP contribution in [0.4, 0.5) is 17.1 Å². The number of nitrogens with zero attached hydrogens (tertiary/aromatic N) is 1. The third-order valence-corrected chi connectivity index (χ3v) is 5.47. The highest BCUT2D eigenvalue weighted by Gasteiger charge is 2.39. The maximum Gasteiger partial charge on any atom is 0.337 e. The lowest BCUT2D eigenvalue weighted by atomic mass is 10.1. The molecule has 1 heterocycles. The number of halogens is 1. The first-order chi connectivity index (χ1) is 16.8. The van der Waals surface area contributed by atoms with Gasteiger partial charge in [0, 0.05) is 11.3 Å². The van der Waals surface area contributed by atoms with Gasteiger partial charge in [0.25, 0.3) is 17.7 Å². The molecule has 1 aliphatic heterocycles. The number of methoxy groups -OCH3 is 1. The summed E-state index contributed by atoms with van der Waals surface area (Å²) in [6.45, 7) is 0. The number of anilines is 3. The molecule has 1 aliphatic rings. The number of amides is 3. The fourth-order valence-electron chi connectivity index (χ4n) is 3.36. The Kier molecular flexibility index (Phi) is 6.52. The number of ether oxygens (including phenoxy) is 1. The predicted molar refractivity (Wildman–Crippen MR) is 129 cm³/mol. The van der Waals surface area contributed by atoms with Crippen LogP contribution < -0.4 is 15.5 Å². The molecule has 35 heavy (non-hydrogen) atoms. The van der Waals surface area contributed by atoms with Crippen molar-refractivity contribution in [1.29, 1.82) is 0 Å². The first kappa shape index (κ1) is 23.5. The second-order valence-electron chi connectivity index (χ2n) is 7.35. The Labute approximate surface area is 204 Å². The lowest BCUT2D eigenvalue weighted by Crippen LogP contribution is -2.32. The van der Waals surface area contributed by atoms with Crippen LogP contribution in [-0.2, 0) is 14.3 Å². The minimum atomic E-state index is -0.750. The van der Waals surface area contributed by atoms with E-state index in [1.54, 1.807) is 18.2 Å². The van der Waals surface area contributed by atoms with Gasteiger partial charge in [-0.25, -0.2) is 9.69 Å². The normalized spacial score (nSPS) is 13.1. The maximum absolute atomic E-state index is 13.0. The summed E-state index contributed by atoms with van der Waals surface area (Å²) in [4.78, 5) is 50.8. The number of carbonyl (C=O) groups is 4. The van der Waals surface area contributed by atoms with Crippen molar-refractivity contribution in [2.75, 3.05) is 22.6 Å². The second kappa shape index (κ2) is 9.70. The Morgan fingerprint density at radius 1 is 0.914 bits per heavy atom. The standard InChI is InChI=1S/C25H18ClN3O6/c1-35-25(34)15-5-4-6-17(13-15)29-23(32)20(26)21(24(29)33)27-16-11-9-14(10-12-16)22(31)28-18-7-2-3-8-19(18)30/h2-13,27,30H,1H3,(H,28,31). The summed E-state index contributed by atoms with van der Waals surface area (Å²) < 4.78 is 4.68. The number of phenolic OH excluding ortho intramolecular Hbond substituents is 1. The molecule has 0 bridgehead atoms. The fraction of sp³-hybridized carbons (Fsp3) is 0.0400. The molecule has 0 fully saturated rings. The number of carbonyl (C=O) groups excluding carboxylic acids is 4. The average molecular weight is 492 g/mol. The summed E-state index contributed by atoms with van der Waals surface area (Å²) >= 11 is 6.16. The summed E-state index contributed by atoms with van der Waals surface area (Å²) in [6, 6.07) is 18.3. The van der Waals surface area contributed by atoms with Crippen LogP contribution in [0.25, 0.3) is 0 Å². The molecule has 9 nitrogen and oxygen atoms in total. The summed E-state index contributed by atoms with van der Waals surface area (Å²) in [5, 5.41) is 14.9. The van der Waals surface area contributed by atoms with Crippen molar-refractivity contribution in [1.82, 2.24) is 0 Å². The molecule has 3 amide bonds. The molecule has 4 rings (SSSR count). The zero-order valence-electron chi connectivity index (χ0n) is 18.2. The SMILES string of the molecule is COC(=O)c1cccc(N2C(=O)C(Cl)=C(Nc3ccc(C(=O)Nc4ccccc4O)cc3)C2=O)c1. The van der Waals surface area contributed by atoms with E-state index in [4.69, 9.17) is 11.6 Å². The van der Waals surface area contributed by atoms with Crippen LogP contribution in [0.2, 0.25) is 0 Å². The molecule has 0 aromatic heterocycles. The van der Waals surface area contributed by atoms with E-state index in [-0.39, 0.29) is 33.4 Å². The van der Waals surface area contributed by atoms with Gasteiger partial charge in [0.1, 0.15) is 16.5 Å². The Balaban J connectivity index is 1.50. The van der Waals surface area contributed by atoms with Crippen molar-refractivity contribution in [2.24, 2.45) is 0 Å². The van der Waals surface area contributed by atoms with Gasteiger partial charge < -0.3 is 20.5 Å². The zero-order chi connectivity index (χ0) is 25.1. The van der Waals surface area contributed by atoms with Crippen LogP contribution in [0.15, 0.2) is 83.5 Å². The highest BCUT2D eigenvalue weighted by atomic mass is 35.5. The number of esters is 1. The Hall–Kier alpha value is -4.63. The third-order valence-electron chi connectivity index (χ3n) is 5.12. The molecule has 3 aromatic carbocycles. The van der Waals surface area contributed by atoms with Gasteiger partial charge in [0.2, 0.25) is 0 Å². The van der Waals surface area contributed by atoms with Crippen molar-refractivity contribution < 1.29 is 29.0 Å². The molecule has 3 aromatic rings. The van der Waals surface area contributed by atoms with Crippen molar-refractivity contribution in [2.45, 2.75) is 0 Å². The quantitative estimate of drug-likeness (QED) is 0.271. The maximum atomic E-state index is 13.0. The summed E-state index contributed by atoms with van der Waals surface area (Å²) in [5.74, 6) is -2.58. The van der Waals surface area contributed by atoms with E-state index >= 15 is 0 Å². The topological polar surface area (TPSA) is 125 Å². The van der Waals surface area contributed by atoms with Gasteiger partial charge in [-0.15, -0.1) is 0 Å². The molecule has 0 spiro atoms. The molecule has 3 N–H and O–H groups in total. The Bertz CT molecular complexity index is 1380. The number of phenols is 1. The monoisotopic (exact) mass is 491 g/mol. The van der Waals surface area contributed by atoms with Crippen molar-refractivity contribution in [3.63, 3.8) is 0 Å². The van der Waals surface area contributed by atoms with Gasteiger partial charge in [-0.2, -0.15) is 0 Å². The number of hydrogen-bond acceptors (Lipinski definition) is 7. The lowest BCUT2D eigenvalue weighted by molar-refractivity contribution is -0.120. The molecule has 0 saturated heterocycles. The molecule has 0 aliphatic carbocycles. The molecular weight excluding hydrogens is 474 g/mol. The largest absolute Gasteiger partial charge is 0.506 e. The van der Waals surface area contributed by atoms with Gasteiger partial charge >= 0.3 is 5.97 Å². The van der Waals surface area contributed by atoms with E-state index in [0.717, 1.165) is 4.90 Å². The zero-order valence-corrected chi connectivity index (χ0v) is 19.0. The number of nitrogens with one attached hydrogen (secondary N) is 2. The van der Waals surface area contributed by atoms with Crippen LogP contribution in [0.5, 0.6) is 5.75 Å². The summed E-state index contributed by atoms with van der Waals surface area (Å²) in [5.41, 5.74) is 1.15. The average Bonchev–Trinajstić information content (AvgIpc) is 3.08. The molecule has 0 unspecified atom stereocenters. The van der Waals surface area contributed by atoms with Crippen LogP contribution in [0.1, 0.15) is 20.7 Å². The number of rotatable bonds is 6. The van der Waals surface area contributed by atoms with Gasteiger partial charge in [-0.3, -0.25) is 14.4 Å². The van der Waals surface area contributed by atoms with Crippen LogP contribution in [0.3, 0.4) is 0 Å². The van der Waals surface area contributed by atoms with Gasteiger partial charge in [-0.1, -0.05) is 29.8 Å². The van der Waals surface area contributed by atoms with E-state index in [0.29, 0.717) is 11.3 Å². The number of benzene rings is 3. The summed E-state index contributed by atoms with van der Waals surface area (Å²) in [7, 11) is 1.22. The predicted octanol–water partition coefficient (Wildman–Crippen LogP) is 3.87. The van der Waals surface area contributed by atoms with Gasteiger partial charge in [0.05, 0.1) is 24.0 Å². The van der Waals surface area contributed by atoms with E-state index in [1.807, 2.05) is 0 Å². The molecular formula is C25H18ClN3O6. The second-order valence-corrected chi connectivity index (χ2v) is 7.73. The first-order valence-corrected chi connectivity index (χ1v) is 10.6. The lowest BCUT2D eigenvalue weighted by Gasteiger charge is -2.16. The van der Waals surface area contributed by atoms with Crippen molar-refractivity contribution >= 4 is 52.4 Å². The molecule has 0 radical (unpaired) electrons. The van der Waals surface area contributed by atoms with E-state index in [2.05, 4.69) is 15.4 Å². The number of aromatic hydroxyl groups is 1. The van der Waals surface area contributed by atoms with Crippen LogP contribution in [0, 0.1) is 0 Å². The highest BCUT2D eigenvalue weighted by molar-refractivity contribution is 6.53. The number of hydrogen-bond donors (Lipinski definition) is 3. The van der Waals surface area contributed by atoms with Crippen molar-refractivity contribution in [3.05, 3.63) is 94.7 Å².